The predicted octanol–water partition coefficient (Wildman–Crippen LogP) is -1.80. The van der Waals surface area contributed by atoms with E-state index >= 15 is 0 Å². The molecule has 0 heterocycles. The molecular weight excluding hydrogens is 422 g/mol. The normalized spacial score (nSPS) is 15.9. The number of primary amides is 1. The standard InChI is InChI=1S/C20H37N5O7/c1-9(2)6-12(21)17(28)23-13(8-15(22)27)18(29)25-16(11(5)26)19(30)24-14(20(31)32)7-10(3)4/h9-14,16,26H,6-8,21H2,1-5H3,(H2,22,27)(H,23,28)(H,24,30)(H,25,29)(H,31,32). The first-order chi connectivity index (χ1) is 14.6. The van der Waals surface area contributed by atoms with Crippen molar-refractivity contribution in [3.8, 4) is 0 Å². The van der Waals surface area contributed by atoms with Gasteiger partial charge in [-0.25, -0.2) is 4.79 Å². The fraction of sp³-hybridized carbons (Fsp3) is 0.750. The molecule has 0 bridgehead atoms. The summed E-state index contributed by atoms with van der Waals surface area (Å²) in [4.78, 5) is 60.3. The van der Waals surface area contributed by atoms with E-state index < -0.39 is 66.3 Å². The van der Waals surface area contributed by atoms with Crippen LogP contribution >= 0.6 is 0 Å². The van der Waals surface area contributed by atoms with Crippen LogP contribution in [0.1, 0.15) is 53.9 Å². The second-order valence-electron chi connectivity index (χ2n) is 8.72. The molecule has 0 fully saturated rings. The van der Waals surface area contributed by atoms with E-state index in [9.17, 15) is 34.2 Å². The van der Waals surface area contributed by atoms with Crippen molar-refractivity contribution in [2.75, 3.05) is 0 Å². The molecule has 9 N–H and O–H groups in total. The zero-order valence-corrected chi connectivity index (χ0v) is 19.3. The van der Waals surface area contributed by atoms with Gasteiger partial charge in [0.1, 0.15) is 18.1 Å². The molecule has 5 unspecified atom stereocenters. The highest BCUT2D eigenvalue weighted by atomic mass is 16.4. The average Bonchev–Trinajstić information content (AvgIpc) is 2.62. The fourth-order valence-electron chi connectivity index (χ4n) is 2.92. The lowest BCUT2D eigenvalue weighted by molar-refractivity contribution is -0.143. The van der Waals surface area contributed by atoms with Crippen LogP contribution in [-0.2, 0) is 24.0 Å². The summed E-state index contributed by atoms with van der Waals surface area (Å²) in [5, 5.41) is 26.1. The lowest BCUT2D eigenvalue weighted by Gasteiger charge is -2.26. The first kappa shape index (κ1) is 29.3. The molecule has 12 heteroatoms. The number of nitrogens with two attached hydrogens (primary N) is 2. The third kappa shape index (κ3) is 11.0. The Hall–Kier alpha value is -2.73. The highest BCUT2D eigenvalue weighted by Gasteiger charge is 2.33. The van der Waals surface area contributed by atoms with Crippen molar-refractivity contribution in [2.24, 2.45) is 23.3 Å². The number of nitrogens with one attached hydrogen (secondary N) is 3. The van der Waals surface area contributed by atoms with Crippen molar-refractivity contribution in [3.63, 3.8) is 0 Å². The number of rotatable bonds is 14. The van der Waals surface area contributed by atoms with Crippen LogP contribution < -0.4 is 27.4 Å². The van der Waals surface area contributed by atoms with Gasteiger partial charge in [-0.1, -0.05) is 27.7 Å². The van der Waals surface area contributed by atoms with E-state index in [4.69, 9.17) is 11.5 Å². The largest absolute Gasteiger partial charge is 0.480 e. The van der Waals surface area contributed by atoms with Crippen molar-refractivity contribution < 1.29 is 34.2 Å². The van der Waals surface area contributed by atoms with Gasteiger partial charge in [-0.15, -0.1) is 0 Å². The number of carboxylic acids is 1. The van der Waals surface area contributed by atoms with E-state index in [0.717, 1.165) is 0 Å². The first-order valence-electron chi connectivity index (χ1n) is 10.5. The molecule has 12 nitrogen and oxygen atoms in total. The Morgan fingerprint density at radius 2 is 1.28 bits per heavy atom. The second-order valence-corrected chi connectivity index (χ2v) is 8.72. The number of carbonyl (C=O) groups is 5. The van der Waals surface area contributed by atoms with E-state index in [0.29, 0.717) is 6.42 Å². The minimum Gasteiger partial charge on any atom is -0.480 e. The third-order valence-corrected chi connectivity index (χ3v) is 4.48. The van der Waals surface area contributed by atoms with E-state index in [-0.39, 0.29) is 18.3 Å². The minimum absolute atomic E-state index is 0.0406. The van der Waals surface area contributed by atoms with E-state index in [2.05, 4.69) is 16.0 Å². The molecule has 0 aliphatic heterocycles. The number of carbonyl (C=O) groups excluding carboxylic acids is 4. The molecule has 184 valence electrons. The maximum atomic E-state index is 12.7. The molecule has 0 spiro atoms. The molecule has 0 aromatic carbocycles. The highest BCUT2D eigenvalue weighted by molar-refractivity contribution is 5.96. The summed E-state index contributed by atoms with van der Waals surface area (Å²) in [6, 6.07) is -5.12. The molecule has 0 aromatic rings. The Morgan fingerprint density at radius 1 is 0.781 bits per heavy atom. The molecule has 0 aliphatic rings. The monoisotopic (exact) mass is 459 g/mol. The number of aliphatic hydroxyl groups is 1. The van der Waals surface area contributed by atoms with Gasteiger partial charge in [-0.3, -0.25) is 19.2 Å². The van der Waals surface area contributed by atoms with Gasteiger partial charge in [0, 0.05) is 0 Å². The van der Waals surface area contributed by atoms with Gasteiger partial charge in [0.25, 0.3) is 0 Å². The molecule has 32 heavy (non-hydrogen) atoms. The topological polar surface area (TPSA) is 214 Å². The molecule has 5 atom stereocenters. The first-order valence-corrected chi connectivity index (χ1v) is 10.5. The molecule has 0 rings (SSSR count). The zero-order valence-electron chi connectivity index (χ0n) is 19.3. The lowest BCUT2D eigenvalue weighted by atomic mass is 10.0. The summed E-state index contributed by atoms with van der Waals surface area (Å²) in [7, 11) is 0. The number of hydrogen-bond donors (Lipinski definition) is 7. The molecule has 0 saturated carbocycles. The maximum absolute atomic E-state index is 12.7. The van der Waals surface area contributed by atoms with E-state index in [1.807, 2.05) is 13.8 Å². The Morgan fingerprint density at radius 3 is 1.69 bits per heavy atom. The molecule has 0 saturated heterocycles. The quantitative estimate of drug-likeness (QED) is 0.157. The minimum atomic E-state index is -1.53. The molecule has 4 amide bonds. The zero-order chi connectivity index (χ0) is 25.2. The van der Waals surface area contributed by atoms with Crippen LogP contribution in [0.5, 0.6) is 0 Å². The molecular formula is C20H37N5O7. The Kier molecular flexibility index (Phi) is 12.5. The van der Waals surface area contributed by atoms with Crippen LogP contribution in [0.15, 0.2) is 0 Å². The summed E-state index contributed by atoms with van der Waals surface area (Å²) in [5.74, 6) is -4.64. The fourth-order valence-corrected chi connectivity index (χ4v) is 2.92. The summed E-state index contributed by atoms with van der Waals surface area (Å²) < 4.78 is 0. The SMILES string of the molecule is CC(C)CC(N)C(=O)NC(CC(N)=O)C(=O)NC(C(=O)NC(CC(C)C)C(=O)O)C(C)O. The summed E-state index contributed by atoms with van der Waals surface area (Å²) in [5.41, 5.74) is 11.0. The van der Waals surface area contributed by atoms with Crippen LogP contribution in [-0.4, -0.2) is 70.1 Å². The summed E-state index contributed by atoms with van der Waals surface area (Å²) in [6.45, 7) is 8.49. The number of aliphatic hydroxyl groups excluding tert-OH is 1. The van der Waals surface area contributed by atoms with Crippen molar-refractivity contribution in [1.29, 1.82) is 0 Å². The summed E-state index contributed by atoms with van der Waals surface area (Å²) >= 11 is 0. The Bertz CT molecular complexity index is 681. The van der Waals surface area contributed by atoms with Gasteiger partial charge < -0.3 is 37.6 Å². The van der Waals surface area contributed by atoms with Gasteiger partial charge in [-0.05, 0) is 31.6 Å². The highest BCUT2D eigenvalue weighted by Crippen LogP contribution is 2.07. The molecule has 0 aromatic heterocycles. The second kappa shape index (κ2) is 13.6. The van der Waals surface area contributed by atoms with Crippen molar-refractivity contribution in [1.82, 2.24) is 16.0 Å². The number of carboxylic acid groups (broad SMARTS) is 1. The van der Waals surface area contributed by atoms with Crippen molar-refractivity contribution in [2.45, 2.75) is 84.2 Å². The third-order valence-electron chi connectivity index (χ3n) is 4.48. The van der Waals surface area contributed by atoms with Crippen LogP contribution in [0.4, 0.5) is 0 Å². The van der Waals surface area contributed by atoms with Crippen LogP contribution in [0.25, 0.3) is 0 Å². The van der Waals surface area contributed by atoms with E-state index in [1.165, 1.54) is 6.92 Å². The van der Waals surface area contributed by atoms with Gasteiger partial charge in [-0.2, -0.15) is 0 Å². The average molecular weight is 460 g/mol. The molecule has 0 radical (unpaired) electrons. The van der Waals surface area contributed by atoms with E-state index in [1.54, 1.807) is 13.8 Å². The van der Waals surface area contributed by atoms with Gasteiger partial charge in [0.05, 0.1) is 18.6 Å². The van der Waals surface area contributed by atoms with Crippen LogP contribution in [0, 0.1) is 11.8 Å². The smallest absolute Gasteiger partial charge is 0.326 e. The lowest BCUT2D eigenvalue weighted by Crippen LogP contribution is -2.60. The number of amides is 4. The summed E-state index contributed by atoms with van der Waals surface area (Å²) in [6.07, 6.45) is -1.50. The molecule has 0 aliphatic carbocycles. The van der Waals surface area contributed by atoms with Crippen LogP contribution in [0.2, 0.25) is 0 Å². The number of hydrogen-bond acceptors (Lipinski definition) is 7. The Balaban J connectivity index is 5.43. The van der Waals surface area contributed by atoms with Gasteiger partial charge in [0.2, 0.25) is 23.6 Å². The van der Waals surface area contributed by atoms with Gasteiger partial charge in [0.15, 0.2) is 0 Å². The van der Waals surface area contributed by atoms with Crippen molar-refractivity contribution in [3.05, 3.63) is 0 Å². The maximum Gasteiger partial charge on any atom is 0.326 e. The Labute approximate surface area is 187 Å². The van der Waals surface area contributed by atoms with Crippen molar-refractivity contribution >= 4 is 29.6 Å². The predicted molar refractivity (Wildman–Crippen MR) is 116 cm³/mol. The van der Waals surface area contributed by atoms with Gasteiger partial charge >= 0.3 is 5.97 Å². The van der Waals surface area contributed by atoms with Crippen LogP contribution in [0.3, 0.4) is 0 Å². The number of aliphatic carboxylic acids is 1.